The highest BCUT2D eigenvalue weighted by molar-refractivity contribution is 4.98. The minimum Gasteiger partial charge on any atom is -0.390 e. The van der Waals surface area contributed by atoms with Crippen molar-refractivity contribution in [2.75, 3.05) is 19.8 Å². The van der Waals surface area contributed by atoms with Crippen molar-refractivity contribution in [3.05, 3.63) is 0 Å². The summed E-state index contributed by atoms with van der Waals surface area (Å²) in [5, 5.41) is 21.4. The van der Waals surface area contributed by atoms with Crippen molar-refractivity contribution in [1.82, 2.24) is 0 Å². The zero-order chi connectivity index (χ0) is 13.3. The Morgan fingerprint density at radius 2 is 1.84 bits per heavy atom. The van der Waals surface area contributed by atoms with Crippen LogP contribution >= 0.6 is 0 Å². The summed E-state index contributed by atoms with van der Waals surface area (Å²) < 4.78 is 11.4. The molecule has 0 amide bonds. The van der Waals surface area contributed by atoms with Gasteiger partial charge in [0.15, 0.2) is 0 Å². The van der Waals surface area contributed by atoms with Gasteiger partial charge in [-0.3, -0.25) is 0 Å². The lowest BCUT2D eigenvalue weighted by Crippen LogP contribution is -2.52. The fraction of sp³-hybridized carbons (Fsp3) is 1.00. The van der Waals surface area contributed by atoms with Crippen LogP contribution in [-0.4, -0.2) is 47.3 Å². The van der Waals surface area contributed by atoms with Crippen molar-refractivity contribution in [2.24, 2.45) is 5.92 Å². The Hall–Kier alpha value is -0.160. The van der Waals surface area contributed by atoms with Crippen LogP contribution in [0, 0.1) is 5.92 Å². The fourth-order valence-corrected chi connectivity index (χ4v) is 4.10. The molecule has 3 atom stereocenters. The van der Waals surface area contributed by atoms with Crippen LogP contribution in [0.5, 0.6) is 0 Å². The summed E-state index contributed by atoms with van der Waals surface area (Å²) in [6.07, 6.45) is 6.74. The van der Waals surface area contributed by atoms with Crippen molar-refractivity contribution < 1.29 is 19.7 Å². The molecule has 0 aromatic carbocycles. The van der Waals surface area contributed by atoms with E-state index in [0.717, 1.165) is 51.6 Å². The SMILES string of the molecule is OC(C1CCOC2(CCOC2)C1)C1(O)CCCCC1. The molecule has 3 unspecified atom stereocenters. The van der Waals surface area contributed by atoms with Gasteiger partial charge in [0.25, 0.3) is 0 Å². The molecule has 110 valence electrons. The lowest BCUT2D eigenvalue weighted by molar-refractivity contribution is -0.165. The molecule has 19 heavy (non-hydrogen) atoms. The van der Waals surface area contributed by atoms with Crippen molar-refractivity contribution in [1.29, 1.82) is 0 Å². The molecule has 1 spiro atoms. The second-order valence-electron chi connectivity index (χ2n) is 6.70. The minimum atomic E-state index is -0.860. The second kappa shape index (κ2) is 5.32. The molecule has 3 rings (SSSR count). The Kier molecular flexibility index (Phi) is 3.87. The van der Waals surface area contributed by atoms with Crippen LogP contribution in [0.25, 0.3) is 0 Å². The van der Waals surface area contributed by atoms with Crippen LogP contribution in [0.3, 0.4) is 0 Å². The first-order chi connectivity index (χ1) is 9.14. The van der Waals surface area contributed by atoms with Gasteiger partial charge in [-0.25, -0.2) is 0 Å². The van der Waals surface area contributed by atoms with E-state index < -0.39 is 11.7 Å². The summed E-state index contributed by atoms with van der Waals surface area (Å²) in [5.74, 6) is 0.151. The summed E-state index contributed by atoms with van der Waals surface area (Å²) in [6.45, 7) is 2.09. The van der Waals surface area contributed by atoms with Crippen LogP contribution in [-0.2, 0) is 9.47 Å². The summed E-state index contributed by atoms with van der Waals surface area (Å²) in [6, 6.07) is 0. The van der Waals surface area contributed by atoms with Crippen molar-refractivity contribution in [3.8, 4) is 0 Å². The Balaban J connectivity index is 1.67. The van der Waals surface area contributed by atoms with E-state index >= 15 is 0 Å². The Morgan fingerprint density at radius 3 is 2.53 bits per heavy atom. The quantitative estimate of drug-likeness (QED) is 0.800. The molecule has 3 fully saturated rings. The summed E-state index contributed by atoms with van der Waals surface area (Å²) >= 11 is 0. The summed E-state index contributed by atoms with van der Waals surface area (Å²) in [7, 11) is 0. The third-order valence-corrected chi connectivity index (χ3v) is 5.31. The lowest BCUT2D eigenvalue weighted by Gasteiger charge is -2.45. The Labute approximate surface area is 115 Å². The minimum absolute atomic E-state index is 0.151. The van der Waals surface area contributed by atoms with E-state index in [2.05, 4.69) is 0 Å². The van der Waals surface area contributed by atoms with Gasteiger partial charge in [-0.2, -0.15) is 0 Å². The van der Waals surface area contributed by atoms with Crippen LogP contribution in [0.15, 0.2) is 0 Å². The second-order valence-corrected chi connectivity index (χ2v) is 6.70. The topological polar surface area (TPSA) is 58.9 Å². The Morgan fingerprint density at radius 1 is 1.05 bits per heavy atom. The molecule has 1 aliphatic carbocycles. The standard InChI is InChI=1S/C15H26O4/c16-13(15(17)5-2-1-3-6-15)12-4-8-19-14(10-12)7-9-18-11-14/h12-13,16-17H,1-11H2. The van der Waals surface area contributed by atoms with Gasteiger partial charge in [-0.1, -0.05) is 19.3 Å². The van der Waals surface area contributed by atoms with Gasteiger partial charge in [0.2, 0.25) is 0 Å². The molecule has 3 aliphatic rings. The largest absolute Gasteiger partial charge is 0.390 e. The third kappa shape index (κ3) is 2.68. The summed E-state index contributed by atoms with van der Waals surface area (Å²) in [4.78, 5) is 0. The monoisotopic (exact) mass is 270 g/mol. The summed E-state index contributed by atoms with van der Waals surface area (Å²) in [5.41, 5.74) is -1.05. The molecule has 0 aromatic heterocycles. The first-order valence-corrected chi connectivity index (χ1v) is 7.76. The highest BCUT2D eigenvalue weighted by Crippen LogP contribution is 2.42. The predicted molar refractivity (Wildman–Crippen MR) is 70.9 cm³/mol. The van der Waals surface area contributed by atoms with E-state index in [1.807, 2.05) is 0 Å². The number of aliphatic hydroxyl groups is 2. The molecule has 0 radical (unpaired) electrons. The normalized spacial score (nSPS) is 40.4. The van der Waals surface area contributed by atoms with Crippen LogP contribution in [0.2, 0.25) is 0 Å². The van der Waals surface area contributed by atoms with Crippen LogP contribution in [0.1, 0.15) is 51.4 Å². The van der Waals surface area contributed by atoms with Crippen molar-refractivity contribution in [2.45, 2.75) is 68.7 Å². The molecule has 1 saturated carbocycles. The molecule has 2 aliphatic heterocycles. The first kappa shape index (κ1) is 13.8. The third-order valence-electron chi connectivity index (χ3n) is 5.31. The molecular weight excluding hydrogens is 244 g/mol. The fourth-order valence-electron chi connectivity index (χ4n) is 4.10. The van der Waals surface area contributed by atoms with Crippen LogP contribution < -0.4 is 0 Å². The molecule has 0 aromatic rings. The zero-order valence-corrected chi connectivity index (χ0v) is 11.6. The van der Waals surface area contributed by atoms with Crippen LogP contribution in [0.4, 0.5) is 0 Å². The number of hydrogen-bond donors (Lipinski definition) is 2. The van der Waals surface area contributed by atoms with E-state index in [1.54, 1.807) is 0 Å². The number of aliphatic hydroxyl groups excluding tert-OH is 1. The van der Waals surface area contributed by atoms with Gasteiger partial charge in [0.1, 0.15) is 0 Å². The maximum Gasteiger partial charge on any atom is 0.0940 e. The van der Waals surface area contributed by atoms with E-state index in [4.69, 9.17) is 9.47 Å². The maximum atomic E-state index is 10.7. The van der Waals surface area contributed by atoms with Gasteiger partial charge in [0.05, 0.1) is 23.9 Å². The molecule has 0 bridgehead atoms. The average molecular weight is 270 g/mol. The molecule has 2 N–H and O–H groups in total. The van der Waals surface area contributed by atoms with Crippen molar-refractivity contribution in [3.63, 3.8) is 0 Å². The molecule has 4 nitrogen and oxygen atoms in total. The smallest absolute Gasteiger partial charge is 0.0940 e. The number of hydrogen-bond acceptors (Lipinski definition) is 4. The predicted octanol–water partition coefficient (Wildman–Crippen LogP) is 1.63. The molecular formula is C15H26O4. The maximum absolute atomic E-state index is 10.7. The van der Waals surface area contributed by atoms with E-state index in [0.29, 0.717) is 13.2 Å². The van der Waals surface area contributed by atoms with Gasteiger partial charge in [0, 0.05) is 19.6 Å². The molecule has 2 saturated heterocycles. The number of rotatable bonds is 2. The first-order valence-electron chi connectivity index (χ1n) is 7.76. The highest BCUT2D eigenvalue weighted by atomic mass is 16.6. The van der Waals surface area contributed by atoms with E-state index in [9.17, 15) is 10.2 Å². The lowest BCUT2D eigenvalue weighted by atomic mass is 9.72. The molecule has 2 heterocycles. The Bertz CT molecular complexity index is 305. The number of ether oxygens (including phenoxy) is 2. The van der Waals surface area contributed by atoms with Gasteiger partial charge in [-0.05, 0) is 31.6 Å². The highest BCUT2D eigenvalue weighted by Gasteiger charge is 2.47. The van der Waals surface area contributed by atoms with E-state index in [1.165, 1.54) is 6.42 Å². The van der Waals surface area contributed by atoms with Gasteiger partial charge in [-0.15, -0.1) is 0 Å². The average Bonchev–Trinajstić information content (AvgIpc) is 2.87. The molecule has 4 heteroatoms. The van der Waals surface area contributed by atoms with Gasteiger partial charge < -0.3 is 19.7 Å². The zero-order valence-electron chi connectivity index (χ0n) is 11.6. The van der Waals surface area contributed by atoms with Gasteiger partial charge >= 0.3 is 0 Å². The van der Waals surface area contributed by atoms with E-state index in [-0.39, 0.29) is 11.5 Å². The van der Waals surface area contributed by atoms with Crippen molar-refractivity contribution >= 4 is 0 Å².